The van der Waals surface area contributed by atoms with Crippen molar-refractivity contribution in [3.63, 3.8) is 0 Å². The normalized spacial score (nSPS) is 10.2. The number of carbonyl (C=O) groups is 1. The third-order valence-electron chi connectivity index (χ3n) is 3.06. The topological polar surface area (TPSA) is 66.6 Å². The highest BCUT2D eigenvalue weighted by Gasteiger charge is 2.10. The highest BCUT2D eigenvalue weighted by Crippen LogP contribution is 2.13. The number of nitrogens with two attached hydrogens (primary N) is 1. The average Bonchev–Trinajstić information content (AvgIpc) is 2.38. The van der Waals surface area contributed by atoms with Crippen LogP contribution in [-0.4, -0.2) is 23.0 Å². The number of carbonyl (C=O) groups excluding carboxylic acids is 1. The van der Waals surface area contributed by atoms with E-state index in [1.54, 1.807) is 30.1 Å². The SMILES string of the molecule is CN(Cc1cccc(N)c1)C(=O)Cc1cccc(O)c1. The van der Waals surface area contributed by atoms with Gasteiger partial charge in [-0.1, -0.05) is 24.3 Å². The van der Waals surface area contributed by atoms with Gasteiger partial charge in [-0.15, -0.1) is 0 Å². The molecule has 0 aliphatic rings. The largest absolute Gasteiger partial charge is 0.508 e. The van der Waals surface area contributed by atoms with E-state index in [1.807, 2.05) is 30.3 Å². The maximum absolute atomic E-state index is 12.1. The molecule has 2 rings (SSSR count). The Morgan fingerprint density at radius 3 is 2.55 bits per heavy atom. The Bertz CT molecular complexity index is 611. The quantitative estimate of drug-likeness (QED) is 0.837. The minimum Gasteiger partial charge on any atom is -0.508 e. The van der Waals surface area contributed by atoms with Crippen LogP contribution in [-0.2, 0) is 17.8 Å². The van der Waals surface area contributed by atoms with Crippen molar-refractivity contribution in [2.24, 2.45) is 0 Å². The van der Waals surface area contributed by atoms with Gasteiger partial charge in [0.2, 0.25) is 5.91 Å². The molecule has 0 bridgehead atoms. The summed E-state index contributed by atoms with van der Waals surface area (Å²) in [6.07, 6.45) is 0.271. The van der Waals surface area contributed by atoms with Gasteiger partial charge in [-0.25, -0.2) is 0 Å². The summed E-state index contributed by atoms with van der Waals surface area (Å²) in [5.74, 6) is 0.173. The number of rotatable bonds is 4. The molecule has 0 saturated heterocycles. The molecule has 0 fully saturated rings. The summed E-state index contributed by atoms with van der Waals surface area (Å²) in [5.41, 5.74) is 8.21. The number of likely N-dealkylation sites (N-methyl/N-ethyl adjacent to an activating group) is 1. The fourth-order valence-electron chi connectivity index (χ4n) is 2.03. The van der Waals surface area contributed by atoms with Crippen LogP contribution in [0.15, 0.2) is 48.5 Å². The Labute approximate surface area is 118 Å². The fraction of sp³-hybridized carbons (Fsp3) is 0.188. The Balaban J connectivity index is 1.98. The number of nitrogen functional groups attached to an aromatic ring is 1. The van der Waals surface area contributed by atoms with E-state index in [4.69, 9.17) is 5.73 Å². The second kappa shape index (κ2) is 6.10. The molecule has 0 aliphatic carbocycles. The van der Waals surface area contributed by atoms with Crippen molar-refractivity contribution in [2.45, 2.75) is 13.0 Å². The Morgan fingerprint density at radius 1 is 1.15 bits per heavy atom. The third-order valence-corrected chi connectivity index (χ3v) is 3.06. The molecule has 0 aromatic heterocycles. The molecule has 0 aliphatic heterocycles. The first-order chi connectivity index (χ1) is 9.54. The van der Waals surface area contributed by atoms with E-state index in [9.17, 15) is 9.90 Å². The molecule has 20 heavy (non-hydrogen) atoms. The van der Waals surface area contributed by atoms with Crippen molar-refractivity contribution >= 4 is 11.6 Å². The summed E-state index contributed by atoms with van der Waals surface area (Å²) < 4.78 is 0. The number of hydrogen-bond donors (Lipinski definition) is 2. The summed E-state index contributed by atoms with van der Waals surface area (Å²) in [4.78, 5) is 13.8. The van der Waals surface area contributed by atoms with Gasteiger partial charge < -0.3 is 15.7 Å². The van der Waals surface area contributed by atoms with Crippen molar-refractivity contribution in [1.82, 2.24) is 4.90 Å². The summed E-state index contributed by atoms with van der Waals surface area (Å²) in [6, 6.07) is 14.2. The molecule has 4 heteroatoms. The minimum absolute atomic E-state index is 0.00183. The van der Waals surface area contributed by atoms with Gasteiger partial charge in [0.15, 0.2) is 0 Å². The fourth-order valence-corrected chi connectivity index (χ4v) is 2.03. The standard InChI is InChI=1S/C16H18N2O2/c1-18(11-13-5-2-6-14(17)8-13)16(20)10-12-4-3-7-15(19)9-12/h2-9,19H,10-11,17H2,1H3. The molecule has 0 unspecified atom stereocenters. The highest BCUT2D eigenvalue weighted by molar-refractivity contribution is 5.78. The molecule has 0 saturated carbocycles. The van der Waals surface area contributed by atoms with E-state index in [1.165, 1.54) is 0 Å². The van der Waals surface area contributed by atoms with Crippen LogP contribution in [0.2, 0.25) is 0 Å². The smallest absolute Gasteiger partial charge is 0.227 e. The lowest BCUT2D eigenvalue weighted by molar-refractivity contribution is -0.129. The first-order valence-electron chi connectivity index (χ1n) is 6.41. The van der Waals surface area contributed by atoms with E-state index >= 15 is 0 Å². The summed E-state index contributed by atoms with van der Waals surface area (Å²) in [7, 11) is 1.76. The minimum atomic E-state index is -0.00183. The molecular formula is C16H18N2O2. The Morgan fingerprint density at radius 2 is 1.85 bits per heavy atom. The molecule has 0 spiro atoms. The molecule has 1 amide bonds. The van der Waals surface area contributed by atoms with Gasteiger partial charge in [-0.05, 0) is 35.4 Å². The monoisotopic (exact) mass is 270 g/mol. The van der Waals surface area contributed by atoms with Crippen molar-refractivity contribution < 1.29 is 9.90 Å². The number of anilines is 1. The lowest BCUT2D eigenvalue weighted by Gasteiger charge is -2.17. The number of nitrogens with zero attached hydrogens (tertiary/aromatic N) is 1. The van der Waals surface area contributed by atoms with Crippen LogP contribution in [0.5, 0.6) is 5.75 Å². The second-order valence-corrected chi connectivity index (χ2v) is 4.84. The zero-order valence-corrected chi connectivity index (χ0v) is 11.4. The van der Waals surface area contributed by atoms with E-state index < -0.39 is 0 Å². The number of amides is 1. The second-order valence-electron chi connectivity index (χ2n) is 4.84. The third kappa shape index (κ3) is 3.75. The maximum atomic E-state index is 12.1. The Kier molecular flexibility index (Phi) is 4.25. The molecule has 0 radical (unpaired) electrons. The van der Waals surface area contributed by atoms with Crippen LogP contribution in [0.1, 0.15) is 11.1 Å². The van der Waals surface area contributed by atoms with Gasteiger partial charge in [0.25, 0.3) is 0 Å². The number of phenols is 1. The number of hydrogen-bond acceptors (Lipinski definition) is 3. The molecule has 0 atom stereocenters. The lowest BCUT2D eigenvalue weighted by Crippen LogP contribution is -2.27. The van der Waals surface area contributed by atoms with Crippen LogP contribution in [0, 0.1) is 0 Å². The van der Waals surface area contributed by atoms with E-state index in [0.717, 1.165) is 11.1 Å². The summed E-state index contributed by atoms with van der Waals surface area (Å²) in [6.45, 7) is 0.517. The molecule has 2 aromatic carbocycles. The van der Waals surface area contributed by atoms with Crippen molar-refractivity contribution in [2.75, 3.05) is 12.8 Å². The molecule has 4 nitrogen and oxygen atoms in total. The van der Waals surface area contributed by atoms with Gasteiger partial charge in [-0.3, -0.25) is 4.79 Å². The van der Waals surface area contributed by atoms with Gasteiger partial charge in [0.05, 0.1) is 6.42 Å². The molecule has 2 aromatic rings. The van der Waals surface area contributed by atoms with Gasteiger partial charge in [-0.2, -0.15) is 0 Å². The predicted octanol–water partition coefficient (Wildman–Crippen LogP) is 2.18. The van der Waals surface area contributed by atoms with Crippen LogP contribution < -0.4 is 5.73 Å². The van der Waals surface area contributed by atoms with Crippen molar-refractivity contribution in [3.8, 4) is 5.75 Å². The number of aromatic hydroxyl groups is 1. The lowest BCUT2D eigenvalue weighted by atomic mass is 10.1. The number of benzene rings is 2. The Hall–Kier alpha value is -2.49. The van der Waals surface area contributed by atoms with Gasteiger partial charge in [0, 0.05) is 19.3 Å². The molecule has 0 heterocycles. The maximum Gasteiger partial charge on any atom is 0.227 e. The average molecular weight is 270 g/mol. The first kappa shape index (κ1) is 13.9. The van der Waals surface area contributed by atoms with Crippen LogP contribution in [0.25, 0.3) is 0 Å². The van der Waals surface area contributed by atoms with E-state index in [2.05, 4.69) is 0 Å². The molecule has 104 valence electrons. The zero-order chi connectivity index (χ0) is 14.5. The predicted molar refractivity (Wildman–Crippen MR) is 79.1 cm³/mol. The summed E-state index contributed by atoms with van der Waals surface area (Å²) >= 11 is 0. The van der Waals surface area contributed by atoms with Crippen molar-refractivity contribution in [1.29, 1.82) is 0 Å². The van der Waals surface area contributed by atoms with E-state index in [0.29, 0.717) is 12.2 Å². The highest BCUT2D eigenvalue weighted by atomic mass is 16.3. The number of phenolic OH excluding ortho intramolecular Hbond substituents is 1. The summed E-state index contributed by atoms with van der Waals surface area (Å²) in [5, 5.41) is 9.39. The van der Waals surface area contributed by atoms with Crippen LogP contribution in [0.3, 0.4) is 0 Å². The van der Waals surface area contributed by atoms with Crippen LogP contribution in [0.4, 0.5) is 5.69 Å². The van der Waals surface area contributed by atoms with E-state index in [-0.39, 0.29) is 18.1 Å². The molecular weight excluding hydrogens is 252 g/mol. The zero-order valence-electron chi connectivity index (χ0n) is 11.4. The first-order valence-corrected chi connectivity index (χ1v) is 6.41. The van der Waals surface area contributed by atoms with Crippen LogP contribution >= 0.6 is 0 Å². The van der Waals surface area contributed by atoms with Gasteiger partial charge in [0.1, 0.15) is 5.75 Å². The van der Waals surface area contributed by atoms with Gasteiger partial charge >= 0.3 is 0 Å². The molecule has 3 N–H and O–H groups in total. The van der Waals surface area contributed by atoms with Crippen molar-refractivity contribution in [3.05, 3.63) is 59.7 Å².